The first-order valence-corrected chi connectivity index (χ1v) is 18.9. The Morgan fingerprint density at radius 1 is 0.700 bits per heavy atom. The van der Waals surface area contributed by atoms with Crippen molar-refractivity contribution < 1.29 is 103 Å². The highest BCUT2D eigenvalue weighted by Crippen LogP contribution is 2.34. The van der Waals surface area contributed by atoms with Crippen LogP contribution in [-0.4, -0.2) is 184 Å². The Morgan fingerprint density at radius 3 is 2.05 bits per heavy atom. The maximum Gasteiger partial charge on any atom is 0.331 e. The van der Waals surface area contributed by atoms with E-state index in [4.69, 9.17) is 47.4 Å². The van der Waals surface area contributed by atoms with E-state index in [0.29, 0.717) is 11.1 Å². The van der Waals surface area contributed by atoms with Gasteiger partial charge in [0.25, 0.3) is 0 Å². The third-order valence-electron chi connectivity index (χ3n) is 10.0. The van der Waals surface area contributed by atoms with Crippen molar-refractivity contribution in [2.45, 2.75) is 112 Å². The highest BCUT2D eigenvalue weighted by Gasteiger charge is 2.54. The smallest absolute Gasteiger partial charge is 0.331 e. The van der Waals surface area contributed by atoms with Gasteiger partial charge in [-0.3, -0.25) is 4.79 Å². The molecule has 15 atom stereocenters. The predicted molar refractivity (Wildman–Crippen MR) is 199 cm³/mol. The van der Waals surface area contributed by atoms with Crippen LogP contribution in [0, 0.1) is 0 Å². The van der Waals surface area contributed by atoms with E-state index in [2.05, 4.69) is 0 Å². The van der Waals surface area contributed by atoms with Gasteiger partial charge in [-0.1, -0.05) is 12.1 Å². The van der Waals surface area contributed by atoms with Gasteiger partial charge < -0.3 is 93.3 Å². The van der Waals surface area contributed by atoms with Gasteiger partial charge >= 0.3 is 11.9 Å². The number of rotatable bonds is 16. The molecule has 21 nitrogen and oxygen atoms in total. The van der Waals surface area contributed by atoms with Crippen LogP contribution in [0.5, 0.6) is 23.0 Å². The average Bonchev–Trinajstić information content (AvgIpc) is 3.22. The van der Waals surface area contributed by atoms with Crippen molar-refractivity contribution in [1.82, 2.24) is 0 Å². The number of esters is 2. The number of ether oxygens (including phenoxy) is 10. The van der Waals surface area contributed by atoms with Gasteiger partial charge in [0.1, 0.15) is 54.9 Å². The van der Waals surface area contributed by atoms with E-state index in [9.17, 15) is 55.5 Å². The van der Waals surface area contributed by atoms with Crippen molar-refractivity contribution in [3.8, 4) is 23.0 Å². The van der Waals surface area contributed by atoms with E-state index in [1.807, 2.05) is 0 Å². The first-order valence-electron chi connectivity index (χ1n) is 18.9. The SMILES string of the molecule is COc1ccc(CCO[C@@H]2O[C@H](CO[C@@H]3O[C@H](CO)[C@@H](O)[C@H](O)[C@H]3O)[C@@H](OC(=O)C=Cc3ccc(O)c(OC)c3)[C@H](O[C@@H]3O[C@@H](C)[C@H](O)[C@@H](OC(C)=O)[C@H]3O)[C@H]2O)cc1O. The van der Waals surface area contributed by atoms with Gasteiger partial charge in [-0.25, -0.2) is 4.79 Å². The molecule has 2 aromatic carbocycles. The molecule has 334 valence electrons. The second kappa shape index (κ2) is 21.1. The average molecular weight is 857 g/mol. The summed E-state index contributed by atoms with van der Waals surface area (Å²) >= 11 is 0. The van der Waals surface area contributed by atoms with Gasteiger partial charge in [0, 0.05) is 13.0 Å². The minimum absolute atomic E-state index is 0.112. The summed E-state index contributed by atoms with van der Waals surface area (Å²) in [5.74, 6) is -1.83. The van der Waals surface area contributed by atoms with Crippen LogP contribution in [0.3, 0.4) is 0 Å². The van der Waals surface area contributed by atoms with Crippen molar-refractivity contribution in [1.29, 1.82) is 0 Å². The number of hydrogen-bond donors (Lipinski definition) is 9. The number of carbonyl (C=O) groups excluding carboxylic acids is 2. The van der Waals surface area contributed by atoms with Gasteiger partial charge in [-0.05, 0) is 54.8 Å². The number of phenolic OH excluding ortho intramolecular Hbond substituents is 2. The lowest BCUT2D eigenvalue weighted by molar-refractivity contribution is -0.364. The Kier molecular flexibility index (Phi) is 16.4. The fourth-order valence-corrected chi connectivity index (χ4v) is 6.77. The van der Waals surface area contributed by atoms with Crippen LogP contribution >= 0.6 is 0 Å². The number of carbonyl (C=O) groups is 2. The number of aliphatic hydroxyl groups is 7. The second-order valence-corrected chi connectivity index (χ2v) is 14.2. The van der Waals surface area contributed by atoms with Crippen LogP contribution in [0.4, 0.5) is 0 Å². The summed E-state index contributed by atoms with van der Waals surface area (Å²) in [6.07, 6.45) is -22.1. The largest absolute Gasteiger partial charge is 0.504 e. The standard InChI is InChI=1S/C39H52O21/c1-17-28(45)35(56-18(2)41)32(49)39(55-17)60-36-33(50)38(53-12-11-20-6-9-23(51-3)22(43)13-20)58-26(16-54-37-31(48)30(47)29(46)25(15-40)57-37)34(36)59-27(44)10-7-19-5-8-21(42)24(14-19)52-4/h5-10,13-14,17,25-26,28-40,42-43,45-50H,11-12,15-16H2,1-4H3/t17-,25+,26+,28-,29+,30-,31+,32+,33+,34+,35+,36+,37+,38+,39-/m0/s1. The molecule has 0 saturated carbocycles. The third-order valence-corrected chi connectivity index (χ3v) is 10.0. The summed E-state index contributed by atoms with van der Waals surface area (Å²) in [5, 5.41) is 95.0. The van der Waals surface area contributed by atoms with Crippen molar-refractivity contribution in [2.75, 3.05) is 34.0 Å². The Balaban J connectivity index is 1.46. The zero-order valence-electron chi connectivity index (χ0n) is 33.0. The van der Waals surface area contributed by atoms with Gasteiger partial charge in [0.05, 0.1) is 40.1 Å². The molecule has 0 amide bonds. The molecule has 0 radical (unpaired) electrons. The molecule has 0 bridgehead atoms. The Morgan fingerprint density at radius 2 is 1.38 bits per heavy atom. The quantitative estimate of drug-likeness (QED) is 0.0650. The minimum Gasteiger partial charge on any atom is -0.504 e. The lowest BCUT2D eigenvalue weighted by Gasteiger charge is -2.47. The molecule has 3 fully saturated rings. The maximum absolute atomic E-state index is 13.5. The lowest BCUT2D eigenvalue weighted by Crippen LogP contribution is -2.65. The molecule has 5 rings (SSSR count). The molecule has 0 unspecified atom stereocenters. The molecule has 9 N–H and O–H groups in total. The maximum atomic E-state index is 13.5. The molecule has 0 aromatic heterocycles. The molecule has 60 heavy (non-hydrogen) atoms. The molecule has 3 aliphatic rings. The minimum atomic E-state index is -1.86. The summed E-state index contributed by atoms with van der Waals surface area (Å²) in [6.45, 7) is 0.885. The number of phenols is 2. The summed E-state index contributed by atoms with van der Waals surface area (Å²) < 4.78 is 56.3. The topological polar surface area (TPSA) is 309 Å². The van der Waals surface area contributed by atoms with Crippen LogP contribution in [0.1, 0.15) is 25.0 Å². The van der Waals surface area contributed by atoms with Crippen molar-refractivity contribution in [3.05, 3.63) is 53.6 Å². The molecule has 3 saturated heterocycles. The fraction of sp³-hybridized carbons (Fsp3) is 0.590. The zero-order chi connectivity index (χ0) is 43.8. The van der Waals surface area contributed by atoms with Crippen LogP contribution < -0.4 is 9.47 Å². The van der Waals surface area contributed by atoms with Crippen molar-refractivity contribution in [2.24, 2.45) is 0 Å². The lowest BCUT2D eigenvalue weighted by atomic mass is 9.96. The van der Waals surface area contributed by atoms with Crippen LogP contribution in [0.2, 0.25) is 0 Å². The highest BCUT2D eigenvalue weighted by atomic mass is 16.8. The molecule has 2 aromatic rings. The molecular weight excluding hydrogens is 804 g/mol. The van der Waals surface area contributed by atoms with E-state index in [1.54, 1.807) is 6.07 Å². The number of aromatic hydroxyl groups is 2. The number of aliphatic hydroxyl groups excluding tert-OH is 7. The number of methoxy groups -OCH3 is 2. The van der Waals surface area contributed by atoms with E-state index in [-0.39, 0.29) is 36.0 Å². The van der Waals surface area contributed by atoms with Crippen LogP contribution in [0.15, 0.2) is 42.5 Å². The fourth-order valence-electron chi connectivity index (χ4n) is 6.77. The number of benzene rings is 2. The summed E-state index contributed by atoms with van der Waals surface area (Å²) in [7, 11) is 2.72. The van der Waals surface area contributed by atoms with Crippen LogP contribution in [0.25, 0.3) is 6.08 Å². The third kappa shape index (κ3) is 11.2. The van der Waals surface area contributed by atoms with Gasteiger partial charge in [-0.15, -0.1) is 0 Å². The summed E-state index contributed by atoms with van der Waals surface area (Å²) in [4.78, 5) is 25.4. The van der Waals surface area contributed by atoms with E-state index >= 15 is 0 Å². The molecule has 21 heteroatoms. The molecule has 3 aliphatic heterocycles. The van der Waals surface area contributed by atoms with Crippen molar-refractivity contribution >= 4 is 18.0 Å². The monoisotopic (exact) mass is 856 g/mol. The second-order valence-electron chi connectivity index (χ2n) is 14.2. The molecule has 3 heterocycles. The Bertz CT molecular complexity index is 1760. The molecule has 0 aliphatic carbocycles. The molecule has 0 spiro atoms. The predicted octanol–water partition coefficient (Wildman–Crippen LogP) is -2.01. The van der Waals surface area contributed by atoms with Crippen LogP contribution in [-0.2, 0) is 53.9 Å². The van der Waals surface area contributed by atoms with E-state index in [1.165, 1.54) is 57.6 Å². The first-order chi connectivity index (χ1) is 28.6. The van der Waals surface area contributed by atoms with Gasteiger partial charge in [0.15, 0.2) is 54.1 Å². The molecular formula is C39H52O21. The summed E-state index contributed by atoms with van der Waals surface area (Å²) in [5.41, 5.74) is 1.000. The van der Waals surface area contributed by atoms with Crippen molar-refractivity contribution in [3.63, 3.8) is 0 Å². The Labute approximate surface area is 343 Å². The zero-order valence-corrected chi connectivity index (χ0v) is 33.0. The van der Waals surface area contributed by atoms with E-state index < -0.39 is 117 Å². The number of hydrogen-bond acceptors (Lipinski definition) is 21. The normalized spacial score (nSPS) is 34.5. The van der Waals surface area contributed by atoms with Gasteiger partial charge in [0.2, 0.25) is 0 Å². The first kappa shape index (κ1) is 46.9. The van der Waals surface area contributed by atoms with E-state index in [0.717, 1.165) is 13.0 Å². The summed E-state index contributed by atoms with van der Waals surface area (Å²) in [6, 6.07) is 8.88. The highest BCUT2D eigenvalue weighted by molar-refractivity contribution is 5.87. The Hall–Kier alpha value is -4.20. The van der Waals surface area contributed by atoms with Gasteiger partial charge in [-0.2, -0.15) is 0 Å².